The molecule has 5 rings (SSSR count). The van der Waals surface area contributed by atoms with Crippen molar-refractivity contribution in [3.05, 3.63) is 114 Å². The van der Waals surface area contributed by atoms with Gasteiger partial charge < -0.3 is 14.8 Å². The second-order valence-corrected chi connectivity index (χ2v) is 9.82. The van der Waals surface area contributed by atoms with Gasteiger partial charge in [-0.1, -0.05) is 67.9 Å². The van der Waals surface area contributed by atoms with E-state index in [9.17, 15) is 9.59 Å². The van der Waals surface area contributed by atoms with E-state index in [0.29, 0.717) is 6.54 Å². The number of urea groups is 1. The van der Waals surface area contributed by atoms with Crippen molar-refractivity contribution in [2.45, 2.75) is 39.7 Å². The predicted octanol–water partition coefficient (Wildman–Crippen LogP) is 6.86. The van der Waals surface area contributed by atoms with Crippen LogP contribution in [-0.4, -0.2) is 34.5 Å². The van der Waals surface area contributed by atoms with Crippen molar-refractivity contribution in [3.8, 4) is 5.69 Å². The Morgan fingerprint density at radius 2 is 1.61 bits per heavy atom. The highest BCUT2D eigenvalue weighted by atomic mass is 16.2. The monoisotopic (exact) mass is 506 g/mol. The molecule has 0 saturated carbocycles. The molecule has 1 aromatic heterocycles. The molecule has 194 valence electrons. The molecule has 38 heavy (non-hydrogen) atoms. The molecule has 1 aliphatic rings. The lowest BCUT2D eigenvalue weighted by Gasteiger charge is -2.39. The lowest BCUT2D eigenvalue weighted by molar-refractivity contribution is -0.119. The molecule has 0 aliphatic carbocycles. The summed E-state index contributed by atoms with van der Waals surface area (Å²) in [6.45, 7) is 6.59. The van der Waals surface area contributed by atoms with Gasteiger partial charge in [-0.2, -0.15) is 0 Å². The van der Waals surface area contributed by atoms with Gasteiger partial charge in [0.05, 0.1) is 17.1 Å². The Hall–Kier alpha value is -4.32. The predicted molar refractivity (Wildman–Crippen MR) is 153 cm³/mol. The first-order valence-electron chi connectivity index (χ1n) is 13.3. The molecule has 0 fully saturated rings. The Kier molecular flexibility index (Phi) is 7.31. The van der Waals surface area contributed by atoms with Gasteiger partial charge in [0.2, 0.25) is 5.91 Å². The fourth-order valence-corrected chi connectivity index (χ4v) is 5.13. The molecule has 1 aliphatic heterocycles. The lowest BCUT2D eigenvalue weighted by Crippen LogP contribution is -2.48. The largest absolute Gasteiger partial charge is 0.322 e. The van der Waals surface area contributed by atoms with Crippen molar-refractivity contribution in [2.75, 3.05) is 23.3 Å². The SMILES string of the molecule is CCCCN(CC(=O)N1c2ccccc2-n2cccc2C1c1ccccc1)C(=O)Nc1cccc(C)c1C. The molecule has 1 unspecified atom stereocenters. The zero-order chi connectivity index (χ0) is 26.6. The number of anilines is 2. The molecule has 3 aromatic carbocycles. The number of nitrogens with one attached hydrogen (secondary N) is 1. The summed E-state index contributed by atoms with van der Waals surface area (Å²) in [7, 11) is 0. The minimum absolute atomic E-state index is 0.0188. The van der Waals surface area contributed by atoms with Crippen molar-refractivity contribution in [2.24, 2.45) is 0 Å². The second kappa shape index (κ2) is 11.0. The molecule has 0 spiro atoms. The van der Waals surface area contributed by atoms with Crippen LogP contribution >= 0.6 is 0 Å². The lowest BCUT2D eigenvalue weighted by atomic mass is 9.97. The number of benzene rings is 3. The van der Waals surface area contributed by atoms with E-state index in [0.717, 1.165) is 52.3 Å². The molecule has 1 atom stereocenters. The Morgan fingerprint density at radius 3 is 2.37 bits per heavy atom. The van der Waals surface area contributed by atoms with Gasteiger partial charge in [-0.25, -0.2) is 4.79 Å². The first-order valence-corrected chi connectivity index (χ1v) is 13.3. The molecule has 3 amide bonds. The van der Waals surface area contributed by atoms with E-state index in [1.54, 1.807) is 4.90 Å². The molecular formula is C32H34N4O2. The number of aryl methyl sites for hydroxylation is 1. The number of rotatable bonds is 7. The van der Waals surface area contributed by atoms with Crippen LogP contribution in [0.15, 0.2) is 91.1 Å². The highest BCUT2D eigenvalue weighted by Gasteiger charge is 2.36. The van der Waals surface area contributed by atoms with Crippen molar-refractivity contribution in [1.82, 2.24) is 9.47 Å². The molecule has 4 aromatic rings. The van der Waals surface area contributed by atoms with Gasteiger partial charge >= 0.3 is 6.03 Å². The average Bonchev–Trinajstić information content (AvgIpc) is 3.43. The summed E-state index contributed by atoms with van der Waals surface area (Å²) < 4.78 is 2.15. The van der Waals surface area contributed by atoms with Crippen molar-refractivity contribution in [1.29, 1.82) is 0 Å². The third-order valence-electron chi connectivity index (χ3n) is 7.34. The van der Waals surface area contributed by atoms with Gasteiger partial charge in [0.15, 0.2) is 0 Å². The summed E-state index contributed by atoms with van der Waals surface area (Å²) in [6.07, 6.45) is 3.78. The van der Waals surface area contributed by atoms with E-state index >= 15 is 0 Å². The highest BCUT2D eigenvalue weighted by Crippen LogP contribution is 2.42. The number of fused-ring (bicyclic) bond motifs is 3. The third kappa shape index (κ3) is 4.82. The average molecular weight is 507 g/mol. The maximum atomic E-state index is 14.2. The molecule has 1 N–H and O–H groups in total. The van der Waals surface area contributed by atoms with E-state index in [1.807, 2.05) is 91.7 Å². The smallest absolute Gasteiger partial charge is 0.316 e. The van der Waals surface area contributed by atoms with Crippen molar-refractivity contribution >= 4 is 23.3 Å². The minimum Gasteiger partial charge on any atom is -0.316 e. The Bertz CT molecular complexity index is 1440. The van der Waals surface area contributed by atoms with Gasteiger partial charge in [-0.15, -0.1) is 0 Å². The van der Waals surface area contributed by atoms with Crippen LogP contribution in [0.3, 0.4) is 0 Å². The molecular weight excluding hydrogens is 472 g/mol. The number of nitrogens with zero attached hydrogens (tertiary/aromatic N) is 3. The summed E-state index contributed by atoms with van der Waals surface area (Å²) in [5, 5.41) is 3.05. The van der Waals surface area contributed by atoms with Gasteiger partial charge in [0.1, 0.15) is 12.6 Å². The topological polar surface area (TPSA) is 57.6 Å². The Morgan fingerprint density at radius 1 is 0.868 bits per heavy atom. The van der Waals surface area contributed by atoms with Crippen LogP contribution in [0.4, 0.5) is 16.2 Å². The van der Waals surface area contributed by atoms with E-state index in [4.69, 9.17) is 0 Å². The minimum atomic E-state index is -0.302. The molecule has 6 heteroatoms. The van der Waals surface area contributed by atoms with E-state index < -0.39 is 0 Å². The second-order valence-electron chi connectivity index (χ2n) is 9.82. The molecule has 0 bridgehead atoms. The van der Waals surface area contributed by atoms with Crippen molar-refractivity contribution < 1.29 is 9.59 Å². The number of hydrogen-bond donors (Lipinski definition) is 1. The van der Waals surface area contributed by atoms with Crippen LogP contribution in [0.2, 0.25) is 0 Å². The van der Waals surface area contributed by atoms with Crippen LogP contribution in [0.25, 0.3) is 5.69 Å². The van der Waals surface area contributed by atoms with Crippen LogP contribution in [0, 0.1) is 13.8 Å². The fourth-order valence-electron chi connectivity index (χ4n) is 5.13. The summed E-state index contributed by atoms with van der Waals surface area (Å²) in [5.74, 6) is -0.119. The van der Waals surface area contributed by atoms with Gasteiger partial charge in [-0.05, 0) is 67.3 Å². The Balaban J connectivity index is 1.50. The number of carbonyl (C=O) groups is 2. The normalized spacial score (nSPS) is 14.0. The summed E-state index contributed by atoms with van der Waals surface area (Å²) >= 11 is 0. The van der Waals surface area contributed by atoms with E-state index in [-0.39, 0.29) is 24.5 Å². The van der Waals surface area contributed by atoms with Gasteiger partial charge in [0.25, 0.3) is 0 Å². The third-order valence-corrected chi connectivity index (χ3v) is 7.34. The summed E-state index contributed by atoms with van der Waals surface area (Å²) in [4.78, 5) is 31.2. The zero-order valence-electron chi connectivity index (χ0n) is 22.2. The number of para-hydroxylation sites is 2. The summed E-state index contributed by atoms with van der Waals surface area (Å²) in [6, 6.07) is 27.4. The summed E-state index contributed by atoms with van der Waals surface area (Å²) in [5.41, 5.74) is 6.73. The number of aromatic nitrogens is 1. The van der Waals surface area contributed by atoms with Crippen LogP contribution < -0.4 is 10.2 Å². The van der Waals surface area contributed by atoms with Crippen molar-refractivity contribution in [3.63, 3.8) is 0 Å². The number of unbranched alkanes of at least 4 members (excludes halogenated alkanes) is 1. The Labute approximate surface area is 224 Å². The zero-order valence-corrected chi connectivity index (χ0v) is 22.2. The van der Waals surface area contributed by atoms with Gasteiger partial charge in [-0.3, -0.25) is 9.69 Å². The van der Waals surface area contributed by atoms with Crippen LogP contribution in [0.1, 0.15) is 48.2 Å². The number of amides is 3. The quantitative estimate of drug-likeness (QED) is 0.298. The molecule has 2 heterocycles. The number of hydrogen-bond acceptors (Lipinski definition) is 2. The molecule has 0 radical (unpaired) electrons. The first-order chi connectivity index (χ1) is 18.5. The fraction of sp³-hybridized carbons (Fsp3) is 0.250. The standard InChI is InChI=1S/C32H34N4O2/c1-4-5-20-34(32(38)33-26-16-11-13-23(2)24(26)3)22-30(37)36-28-18-10-9-17-27(28)35-21-12-19-29(35)31(36)25-14-7-6-8-15-25/h6-19,21,31H,4-5,20,22H2,1-3H3,(H,33,38). The van der Waals surface area contributed by atoms with E-state index in [2.05, 4.69) is 35.0 Å². The molecule has 6 nitrogen and oxygen atoms in total. The van der Waals surface area contributed by atoms with Crippen LogP contribution in [0.5, 0.6) is 0 Å². The maximum Gasteiger partial charge on any atom is 0.322 e. The number of carbonyl (C=O) groups excluding carboxylic acids is 2. The first kappa shape index (κ1) is 25.3. The highest BCUT2D eigenvalue weighted by molar-refractivity contribution is 6.01. The maximum absolute atomic E-state index is 14.2. The van der Waals surface area contributed by atoms with Gasteiger partial charge in [0, 0.05) is 18.4 Å². The van der Waals surface area contributed by atoms with Crippen LogP contribution in [-0.2, 0) is 4.79 Å². The molecule has 0 saturated heterocycles. The van der Waals surface area contributed by atoms with E-state index in [1.165, 1.54) is 0 Å².